The standard InChI is InChI=1S/C15H17FO/c1-4-6-13-10-12(7-8-14(13)16)9-11(3)15(17)5-2/h2,7-8,10-11H,4,6,9H2,1,3H3. The molecule has 0 aliphatic carbocycles. The smallest absolute Gasteiger partial charge is 0.208 e. The number of Topliss-reactive ketones (excluding diaryl/α,β-unsaturated/α-hetero) is 1. The zero-order valence-electron chi connectivity index (χ0n) is 10.3. The van der Waals surface area contributed by atoms with Gasteiger partial charge in [-0.05, 0) is 36.0 Å². The van der Waals surface area contributed by atoms with Gasteiger partial charge in [0.15, 0.2) is 0 Å². The number of hydrogen-bond acceptors (Lipinski definition) is 1. The minimum Gasteiger partial charge on any atom is -0.285 e. The molecule has 2 heteroatoms. The van der Waals surface area contributed by atoms with Crippen molar-refractivity contribution in [3.8, 4) is 12.3 Å². The minimum atomic E-state index is -0.208. The van der Waals surface area contributed by atoms with E-state index in [-0.39, 0.29) is 17.5 Å². The number of aryl methyl sites for hydroxylation is 1. The van der Waals surface area contributed by atoms with Crippen molar-refractivity contribution in [1.82, 2.24) is 0 Å². The molecule has 0 amide bonds. The lowest BCUT2D eigenvalue weighted by molar-refractivity contribution is -0.116. The van der Waals surface area contributed by atoms with Gasteiger partial charge in [0.05, 0.1) is 0 Å². The van der Waals surface area contributed by atoms with Gasteiger partial charge in [0.2, 0.25) is 5.78 Å². The van der Waals surface area contributed by atoms with Crippen LogP contribution < -0.4 is 0 Å². The molecule has 0 saturated heterocycles. The zero-order valence-corrected chi connectivity index (χ0v) is 10.3. The van der Waals surface area contributed by atoms with Crippen LogP contribution in [0, 0.1) is 24.1 Å². The zero-order chi connectivity index (χ0) is 12.8. The summed E-state index contributed by atoms with van der Waals surface area (Å²) in [5, 5.41) is 0. The lowest BCUT2D eigenvalue weighted by Gasteiger charge is -2.09. The molecule has 0 aromatic heterocycles. The number of benzene rings is 1. The van der Waals surface area contributed by atoms with Crippen LogP contribution in [0.1, 0.15) is 31.4 Å². The molecule has 1 unspecified atom stereocenters. The van der Waals surface area contributed by atoms with Crippen molar-refractivity contribution in [3.63, 3.8) is 0 Å². The van der Waals surface area contributed by atoms with E-state index < -0.39 is 0 Å². The summed E-state index contributed by atoms with van der Waals surface area (Å²) in [7, 11) is 0. The molecule has 1 rings (SSSR count). The second-order valence-electron chi connectivity index (χ2n) is 4.29. The Kier molecular flexibility index (Phi) is 4.90. The molecule has 0 aliphatic rings. The van der Waals surface area contributed by atoms with Crippen molar-refractivity contribution in [2.75, 3.05) is 0 Å². The molecule has 17 heavy (non-hydrogen) atoms. The monoisotopic (exact) mass is 232 g/mol. The van der Waals surface area contributed by atoms with Crippen molar-refractivity contribution in [2.24, 2.45) is 5.92 Å². The van der Waals surface area contributed by atoms with E-state index in [1.807, 2.05) is 13.0 Å². The first kappa shape index (κ1) is 13.4. The Labute approximate surface area is 102 Å². The van der Waals surface area contributed by atoms with Crippen molar-refractivity contribution in [1.29, 1.82) is 0 Å². The second kappa shape index (κ2) is 6.20. The summed E-state index contributed by atoms with van der Waals surface area (Å²) in [6.07, 6.45) is 7.26. The molecular weight excluding hydrogens is 215 g/mol. The average molecular weight is 232 g/mol. The van der Waals surface area contributed by atoms with E-state index >= 15 is 0 Å². The van der Waals surface area contributed by atoms with Crippen LogP contribution in [-0.4, -0.2) is 5.78 Å². The van der Waals surface area contributed by atoms with Crippen molar-refractivity contribution in [2.45, 2.75) is 33.1 Å². The molecule has 0 radical (unpaired) electrons. The maximum Gasteiger partial charge on any atom is 0.208 e. The molecule has 1 aromatic carbocycles. The summed E-state index contributed by atoms with van der Waals surface area (Å²) in [6, 6.07) is 5.02. The number of ketones is 1. The number of carbonyl (C=O) groups excluding carboxylic acids is 1. The summed E-state index contributed by atoms with van der Waals surface area (Å²) in [5.41, 5.74) is 1.68. The quantitative estimate of drug-likeness (QED) is 0.563. The van der Waals surface area contributed by atoms with Crippen LogP contribution in [-0.2, 0) is 17.6 Å². The van der Waals surface area contributed by atoms with E-state index in [0.29, 0.717) is 12.0 Å². The number of rotatable bonds is 5. The summed E-state index contributed by atoms with van der Waals surface area (Å²) >= 11 is 0. The molecule has 0 saturated carbocycles. The average Bonchev–Trinajstić information content (AvgIpc) is 2.32. The van der Waals surface area contributed by atoms with Crippen LogP contribution in [0.4, 0.5) is 4.39 Å². The molecule has 0 heterocycles. The van der Waals surface area contributed by atoms with Gasteiger partial charge in [-0.15, -0.1) is 6.42 Å². The third-order valence-electron chi connectivity index (χ3n) is 2.76. The lowest BCUT2D eigenvalue weighted by Crippen LogP contribution is -2.11. The first-order valence-electron chi connectivity index (χ1n) is 5.86. The summed E-state index contributed by atoms with van der Waals surface area (Å²) in [5.74, 6) is 1.54. The van der Waals surface area contributed by atoms with E-state index in [9.17, 15) is 9.18 Å². The van der Waals surface area contributed by atoms with Gasteiger partial charge in [-0.3, -0.25) is 4.79 Å². The molecule has 1 aromatic rings. The highest BCUT2D eigenvalue weighted by atomic mass is 19.1. The largest absolute Gasteiger partial charge is 0.285 e. The van der Waals surface area contributed by atoms with Crippen molar-refractivity contribution >= 4 is 5.78 Å². The predicted octanol–water partition coefficient (Wildman–Crippen LogP) is 3.16. The van der Waals surface area contributed by atoms with Gasteiger partial charge in [-0.2, -0.15) is 0 Å². The molecule has 0 aliphatic heterocycles. The second-order valence-corrected chi connectivity index (χ2v) is 4.29. The topological polar surface area (TPSA) is 17.1 Å². The van der Waals surface area contributed by atoms with Gasteiger partial charge >= 0.3 is 0 Å². The Morgan fingerprint density at radius 3 is 2.82 bits per heavy atom. The van der Waals surface area contributed by atoms with Gasteiger partial charge in [0.1, 0.15) is 5.82 Å². The van der Waals surface area contributed by atoms with Gasteiger partial charge in [0, 0.05) is 5.92 Å². The first-order valence-corrected chi connectivity index (χ1v) is 5.86. The normalized spacial score (nSPS) is 11.9. The fourth-order valence-electron chi connectivity index (χ4n) is 1.80. The van der Waals surface area contributed by atoms with Crippen LogP contribution in [0.3, 0.4) is 0 Å². The van der Waals surface area contributed by atoms with Crippen LogP contribution in [0.15, 0.2) is 18.2 Å². The van der Waals surface area contributed by atoms with E-state index in [2.05, 4.69) is 5.92 Å². The highest BCUT2D eigenvalue weighted by Gasteiger charge is 2.12. The maximum absolute atomic E-state index is 13.4. The van der Waals surface area contributed by atoms with E-state index in [0.717, 1.165) is 18.4 Å². The van der Waals surface area contributed by atoms with Crippen molar-refractivity contribution in [3.05, 3.63) is 35.1 Å². The first-order chi connectivity index (χ1) is 8.08. The maximum atomic E-state index is 13.4. The summed E-state index contributed by atoms with van der Waals surface area (Å²) in [6.45, 7) is 3.81. The highest BCUT2D eigenvalue weighted by molar-refractivity contribution is 5.96. The van der Waals surface area contributed by atoms with Crippen LogP contribution in [0.2, 0.25) is 0 Å². The van der Waals surface area contributed by atoms with Crippen molar-refractivity contribution < 1.29 is 9.18 Å². The van der Waals surface area contributed by atoms with Gasteiger partial charge in [-0.1, -0.05) is 32.4 Å². The number of hydrogen-bond donors (Lipinski definition) is 0. The Morgan fingerprint density at radius 1 is 1.53 bits per heavy atom. The molecule has 1 atom stereocenters. The molecule has 0 bridgehead atoms. The minimum absolute atomic E-state index is 0.175. The van der Waals surface area contributed by atoms with E-state index in [1.165, 1.54) is 6.07 Å². The fraction of sp³-hybridized carbons (Fsp3) is 0.400. The van der Waals surface area contributed by atoms with Crippen LogP contribution in [0.5, 0.6) is 0 Å². The molecular formula is C15H17FO. The third-order valence-corrected chi connectivity index (χ3v) is 2.76. The number of halogens is 1. The SMILES string of the molecule is C#CC(=O)C(C)Cc1ccc(F)c(CCC)c1. The van der Waals surface area contributed by atoms with Gasteiger partial charge in [0.25, 0.3) is 0 Å². The van der Waals surface area contributed by atoms with Crippen LogP contribution >= 0.6 is 0 Å². The Balaban J connectivity index is 2.82. The fourth-order valence-corrected chi connectivity index (χ4v) is 1.80. The molecule has 1 nitrogen and oxygen atoms in total. The van der Waals surface area contributed by atoms with E-state index in [4.69, 9.17) is 6.42 Å². The van der Waals surface area contributed by atoms with Gasteiger partial charge < -0.3 is 0 Å². The predicted molar refractivity (Wildman–Crippen MR) is 67.1 cm³/mol. The third kappa shape index (κ3) is 3.71. The van der Waals surface area contributed by atoms with E-state index in [1.54, 1.807) is 13.0 Å². The summed E-state index contributed by atoms with van der Waals surface area (Å²) in [4.78, 5) is 11.3. The molecule has 90 valence electrons. The summed E-state index contributed by atoms with van der Waals surface area (Å²) < 4.78 is 13.4. The van der Waals surface area contributed by atoms with Gasteiger partial charge in [-0.25, -0.2) is 4.39 Å². The Morgan fingerprint density at radius 2 is 2.24 bits per heavy atom. The Hall–Kier alpha value is -1.62. The number of carbonyl (C=O) groups is 1. The number of terminal acetylenes is 1. The van der Waals surface area contributed by atoms with Crippen LogP contribution in [0.25, 0.3) is 0 Å². The molecule has 0 spiro atoms. The molecule has 0 N–H and O–H groups in total. The lowest BCUT2D eigenvalue weighted by atomic mass is 9.95. The Bertz CT molecular complexity index is 443. The highest BCUT2D eigenvalue weighted by Crippen LogP contribution is 2.16. The molecule has 0 fully saturated rings.